The first kappa shape index (κ1) is 20.2. The van der Waals surface area contributed by atoms with Gasteiger partial charge in [0, 0.05) is 31.1 Å². The number of aromatic nitrogens is 4. The normalized spacial score (nSPS) is 19.5. The van der Waals surface area contributed by atoms with Gasteiger partial charge in [0.05, 0.1) is 5.56 Å². The number of tetrazole rings is 1. The van der Waals surface area contributed by atoms with E-state index >= 15 is 0 Å². The third-order valence-electron chi connectivity index (χ3n) is 6.34. The van der Waals surface area contributed by atoms with Crippen molar-refractivity contribution in [3.63, 3.8) is 0 Å². The number of carbonyl (C=O) groups is 2. The fraction of sp³-hybridized carbons (Fsp3) is 0.409. The molecule has 11 heteroatoms. The van der Waals surface area contributed by atoms with Crippen LogP contribution in [0.5, 0.6) is 11.5 Å². The number of aryl methyl sites for hydroxylation is 1. The number of nitrogens with zero attached hydrogens (tertiary/aromatic N) is 6. The highest BCUT2D eigenvalue weighted by molar-refractivity contribution is 7.15. The van der Waals surface area contributed by atoms with Crippen LogP contribution in [-0.2, 0) is 17.6 Å². The van der Waals surface area contributed by atoms with E-state index in [0.717, 1.165) is 29.8 Å². The lowest BCUT2D eigenvalue weighted by molar-refractivity contribution is -0.142. The average Bonchev–Trinajstić information content (AvgIpc) is 3.60. The van der Waals surface area contributed by atoms with E-state index in [1.54, 1.807) is 27.0 Å². The van der Waals surface area contributed by atoms with Crippen LogP contribution in [0, 0.1) is 0 Å². The predicted molar refractivity (Wildman–Crippen MR) is 118 cm³/mol. The van der Waals surface area contributed by atoms with Crippen molar-refractivity contribution < 1.29 is 19.1 Å². The Labute approximate surface area is 193 Å². The minimum absolute atomic E-state index is 0.0156. The number of fused-ring (bicyclic) bond motifs is 2. The Kier molecular flexibility index (Phi) is 4.97. The molecule has 1 fully saturated rings. The molecule has 3 aromatic rings. The van der Waals surface area contributed by atoms with Crippen molar-refractivity contribution in [2.75, 3.05) is 32.8 Å². The number of piperazine rings is 1. The molecule has 4 heterocycles. The third kappa shape index (κ3) is 3.52. The summed E-state index contributed by atoms with van der Waals surface area (Å²) in [5.41, 5.74) is 1.83. The highest BCUT2D eigenvalue weighted by Gasteiger charge is 2.36. The Hall–Kier alpha value is -3.47. The van der Waals surface area contributed by atoms with Crippen LogP contribution >= 0.6 is 11.3 Å². The first-order valence-electron chi connectivity index (χ1n) is 11.0. The number of para-hydroxylation sites is 2. The third-order valence-corrected chi connectivity index (χ3v) is 7.62. The monoisotopic (exact) mass is 466 g/mol. The van der Waals surface area contributed by atoms with Crippen molar-refractivity contribution in [3.05, 3.63) is 46.6 Å². The summed E-state index contributed by atoms with van der Waals surface area (Å²) >= 11 is 1.60. The van der Waals surface area contributed by atoms with Gasteiger partial charge in [0.15, 0.2) is 11.5 Å². The average molecular weight is 467 g/mol. The summed E-state index contributed by atoms with van der Waals surface area (Å²) in [7, 11) is 0. The van der Waals surface area contributed by atoms with E-state index in [1.807, 2.05) is 23.1 Å². The second-order valence-corrected chi connectivity index (χ2v) is 9.36. The van der Waals surface area contributed by atoms with Gasteiger partial charge in [0.1, 0.15) is 17.9 Å². The van der Waals surface area contributed by atoms with Crippen LogP contribution in [0.4, 0.5) is 0 Å². The summed E-state index contributed by atoms with van der Waals surface area (Å²) in [4.78, 5) is 31.4. The van der Waals surface area contributed by atoms with E-state index in [2.05, 4.69) is 15.5 Å². The van der Waals surface area contributed by atoms with E-state index in [0.29, 0.717) is 43.2 Å². The molecule has 2 aromatic heterocycles. The first-order chi connectivity index (χ1) is 16.2. The number of hydrogen-bond donors (Lipinski definition) is 0. The largest absolute Gasteiger partial charge is 0.485 e. The Morgan fingerprint density at radius 3 is 2.61 bits per heavy atom. The van der Waals surface area contributed by atoms with E-state index in [9.17, 15) is 9.59 Å². The summed E-state index contributed by atoms with van der Waals surface area (Å²) < 4.78 is 13.1. The molecule has 1 saturated heterocycles. The molecule has 1 atom stereocenters. The summed E-state index contributed by atoms with van der Waals surface area (Å²) in [6.45, 7) is 2.03. The lowest BCUT2D eigenvalue weighted by Gasteiger charge is -2.37. The van der Waals surface area contributed by atoms with Crippen molar-refractivity contribution in [3.8, 4) is 16.5 Å². The van der Waals surface area contributed by atoms with Crippen LogP contribution in [0.1, 0.15) is 27.2 Å². The molecule has 1 unspecified atom stereocenters. The number of thiophene rings is 1. The molecular formula is C22H22N6O4S. The molecule has 1 aliphatic carbocycles. The summed E-state index contributed by atoms with van der Waals surface area (Å²) in [6.07, 6.45) is 3.80. The molecule has 1 aromatic carbocycles. The van der Waals surface area contributed by atoms with Crippen molar-refractivity contribution in [1.29, 1.82) is 0 Å². The molecule has 0 bridgehead atoms. The smallest absolute Gasteiger partial charge is 0.267 e. The Balaban J connectivity index is 1.15. The maximum Gasteiger partial charge on any atom is 0.267 e. The Morgan fingerprint density at radius 1 is 1.03 bits per heavy atom. The quantitative estimate of drug-likeness (QED) is 0.574. The van der Waals surface area contributed by atoms with Gasteiger partial charge < -0.3 is 19.3 Å². The SMILES string of the molecule is O=C(c1c(-n2cnnn2)sc2c1CCC2)N1CCN(C(=O)C2COc3ccccc3O2)CC1. The van der Waals surface area contributed by atoms with Gasteiger partial charge in [-0.25, -0.2) is 0 Å². The van der Waals surface area contributed by atoms with E-state index < -0.39 is 6.10 Å². The highest BCUT2D eigenvalue weighted by atomic mass is 32.1. The van der Waals surface area contributed by atoms with Gasteiger partial charge in [0.2, 0.25) is 6.10 Å². The minimum atomic E-state index is -0.672. The highest BCUT2D eigenvalue weighted by Crippen LogP contribution is 2.38. The standard InChI is InChI=1S/C22H22N6O4S/c29-20(17-12-31-15-5-1-2-6-16(15)32-17)26-8-10-27(11-9-26)21(30)19-14-4-3-7-18(14)33-22(19)28-13-23-24-25-28/h1-2,5-6,13,17H,3-4,7-12H2. The molecule has 0 N–H and O–H groups in total. The molecule has 3 aliphatic rings. The zero-order valence-electron chi connectivity index (χ0n) is 17.8. The number of benzene rings is 1. The van der Waals surface area contributed by atoms with Crippen molar-refractivity contribution in [2.24, 2.45) is 0 Å². The van der Waals surface area contributed by atoms with Crippen LogP contribution in [0.3, 0.4) is 0 Å². The summed E-state index contributed by atoms with van der Waals surface area (Å²) in [5, 5.41) is 12.2. The molecule has 2 amide bonds. The van der Waals surface area contributed by atoms with Crippen LogP contribution in [0.15, 0.2) is 30.6 Å². The maximum absolute atomic E-state index is 13.6. The molecular weight excluding hydrogens is 444 g/mol. The summed E-state index contributed by atoms with van der Waals surface area (Å²) in [6, 6.07) is 7.34. The second kappa shape index (κ2) is 8.14. The van der Waals surface area contributed by atoms with Gasteiger partial charge in [-0.2, -0.15) is 4.68 Å². The van der Waals surface area contributed by atoms with Crippen LogP contribution in [0.2, 0.25) is 0 Å². The van der Waals surface area contributed by atoms with Crippen molar-refractivity contribution in [2.45, 2.75) is 25.4 Å². The lowest BCUT2D eigenvalue weighted by Crippen LogP contribution is -2.55. The summed E-state index contributed by atoms with van der Waals surface area (Å²) in [5.74, 6) is 1.11. The van der Waals surface area contributed by atoms with Crippen molar-refractivity contribution >= 4 is 23.2 Å². The number of ether oxygens (including phenoxy) is 2. The van der Waals surface area contributed by atoms with Gasteiger partial charge in [-0.15, -0.1) is 16.4 Å². The Morgan fingerprint density at radius 2 is 1.82 bits per heavy atom. The number of carbonyl (C=O) groups excluding carboxylic acids is 2. The maximum atomic E-state index is 13.6. The first-order valence-corrected chi connectivity index (χ1v) is 11.8. The van der Waals surface area contributed by atoms with Crippen LogP contribution in [-0.4, -0.2) is 80.7 Å². The zero-order chi connectivity index (χ0) is 22.4. The molecule has 33 heavy (non-hydrogen) atoms. The lowest BCUT2D eigenvalue weighted by atomic mass is 10.1. The van der Waals surface area contributed by atoms with E-state index in [4.69, 9.17) is 9.47 Å². The number of rotatable bonds is 3. The van der Waals surface area contributed by atoms with Crippen molar-refractivity contribution in [1.82, 2.24) is 30.0 Å². The molecule has 6 rings (SSSR count). The molecule has 0 radical (unpaired) electrons. The van der Waals surface area contributed by atoms with Gasteiger partial charge >= 0.3 is 0 Å². The Bertz CT molecular complexity index is 1200. The topological polar surface area (TPSA) is 103 Å². The van der Waals surface area contributed by atoms with Crippen LogP contribution < -0.4 is 9.47 Å². The van der Waals surface area contributed by atoms with Gasteiger partial charge in [0.25, 0.3) is 11.8 Å². The predicted octanol–water partition coefficient (Wildman–Crippen LogP) is 1.34. The fourth-order valence-electron chi connectivity index (χ4n) is 4.66. The molecule has 10 nitrogen and oxygen atoms in total. The number of amides is 2. The second-order valence-electron chi connectivity index (χ2n) is 8.27. The van der Waals surface area contributed by atoms with Gasteiger partial charge in [-0.1, -0.05) is 12.1 Å². The van der Waals surface area contributed by atoms with E-state index in [-0.39, 0.29) is 18.4 Å². The molecule has 170 valence electrons. The van der Waals surface area contributed by atoms with E-state index in [1.165, 1.54) is 11.2 Å². The van der Waals surface area contributed by atoms with Crippen LogP contribution in [0.25, 0.3) is 5.00 Å². The molecule has 0 saturated carbocycles. The number of hydrogen-bond acceptors (Lipinski definition) is 8. The zero-order valence-corrected chi connectivity index (χ0v) is 18.7. The van der Waals surface area contributed by atoms with Gasteiger partial charge in [-0.05, 0) is 47.4 Å². The fourth-order valence-corrected chi connectivity index (χ4v) is 5.96. The van der Waals surface area contributed by atoms with Gasteiger partial charge in [-0.3, -0.25) is 9.59 Å². The minimum Gasteiger partial charge on any atom is -0.485 e. The molecule has 2 aliphatic heterocycles. The molecule has 0 spiro atoms.